The van der Waals surface area contributed by atoms with Crippen LogP contribution in [-0.4, -0.2) is 35.8 Å². The maximum atomic E-state index is 13.2. The number of nitrogens with one attached hydrogen (secondary N) is 1. The molecular weight excluding hydrogens is 316 g/mol. The van der Waals surface area contributed by atoms with Gasteiger partial charge < -0.3 is 15.0 Å². The molecule has 5 heteroatoms. The molecule has 0 saturated carbocycles. The summed E-state index contributed by atoms with van der Waals surface area (Å²) >= 11 is 0. The van der Waals surface area contributed by atoms with E-state index in [4.69, 9.17) is 4.74 Å². The third-order valence-corrected chi connectivity index (χ3v) is 4.95. The minimum absolute atomic E-state index is 0.0569. The number of ether oxygens (including phenoxy) is 1. The van der Waals surface area contributed by atoms with E-state index in [2.05, 4.69) is 5.32 Å². The first-order valence-electron chi connectivity index (χ1n) is 8.64. The van der Waals surface area contributed by atoms with Gasteiger partial charge in [0.15, 0.2) is 0 Å². The molecule has 0 unspecified atom stereocenters. The number of para-hydroxylation sites is 2. The number of amides is 2. The topological polar surface area (TPSA) is 58.6 Å². The normalized spacial score (nSPS) is 22.2. The molecule has 0 bridgehead atoms. The Bertz CT molecular complexity index is 791. The van der Waals surface area contributed by atoms with Crippen molar-refractivity contribution in [1.29, 1.82) is 0 Å². The van der Waals surface area contributed by atoms with E-state index in [1.54, 1.807) is 12.1 Å². The number of carbonyl (C=O) groups is 2. The summed E-state index contributed by atoms with van der Waals surface area (Å²) in [6.45, 7) is 1.21. The molecule has 0 aromatic heterocycles. The Hall–Kier alpha value is -2.82. The van der Waals surface area contributed by atoms with Crippen molar-refractivity contribution < 1.29 is 14.3 Å². The van der Waals surface area contributed by atoms with Crippen molar-refractivity contribution in [2.45, 2.75) is 18.9 Å². The fraction of sp³-hybridized carbons (Fsp3) is 0.300. The Morgan fingerprint density at radius 1 is 1.08 bits per heavy atom. The standard InChI is InChI=1S/C20H20N2O3/c23-19-15-10-6-12-22(17(15)13-21-19)20(24)16-9-4-5-11-18(16)25-14-7-2-1-3-8-14/h1-5,7-9,11,15,17H,6,10,12-13H2,(H,21,23)/t15-,17-/m1/s1. The molecule has 2 aromatic rings. The van der Waals surface area contributed by atoms with Gasteiger partial charge in [-0.2, -0.15) is 0 Å². The fourth-order valence-electron chi connectivity index (χ4n) is 3.71. The van der Waals surface area contributed by atoms with E-state index in [1.807, 2.05) is 47.4 Å². The first-order valence-corrected chi connectivity index (χ1v) is 8.64. The second-order valence-corrected chi connectivity index (χ2v) is 6.47. The lowest BCUT2D eigenvalue weighted by atomic mass is 9.91. The Morgan fingerprint density at radius 3 is 2.68 bits per heavy atom. The zero-order chi connectivity index (χ0) is 17.2. The van der Waals surface area contributed by atoms with Crippen molar-refractivity contribution in [3.8, 4) is 11.5 Å². The molecule has 2 amide bonds. The molecule has 1 N–H and O–H groups in total. The van der Waals surface area contributed by atoms with E-state index in [0.717, 1.165) is 12.8 Å². The number of nitrogens with zero attached hydrogens (tertiary/aromatic N) is 1. The summed E-state index contributed by atoms with van der Waals surface area (Å²) in [5.74, 6) is 1.14. The Labute approximate surface area is 146 Å². The van der Waals surface area contributed by atoms with Crippen molar-refractivity contribution in [2.75, 3.05) is 13.1 Å². The molecule has 4 rings (SSSR count). The smallest absolute Gasteiger partial charge is 0.257 e. The van der Waals surface area contributed by atoms with E-state index < -0.39 is 0 Å². The van der Waals surface area contributed by atoms with Crippen LogP contribution >= 0.6 is 0 Å². The van der Waals surface area contributed by atoms with Crippen molar-refractivity contribution in [3.05, 3.63) is 60.2 Å². The lowest BCUT2D eigenvalue weighted by Crippen LogP contribution is -2.48. The zero-order valence-electron chi connectivity index (χ0n) is 13.9. The van der Waals surface area contributed by atoms with Crippen LogP contribution in [0.2, 0.25) is 0 Å². The predicted octanol–water partition coefficient (Wildman–Crippen LogP) is 2.83. The van der Waals surface area contributed by atoms with Gasteiger partial charge in [0.05, 0.1) is 17.5 Å². The Balaban J connectivity index is 1.61. The minimum atomic E-state index is -0.0834. The minimum Gasteiger partial charge on any atom is -0.457 e. The van der Waals surface area contributed by atoms with Crippen LogP contribution in [0.1, 0.15) is 23.2 Å². The molecule has 0 radical (unpaired) electrons. The molecule has 25 heavy (non-hydrogen) atoms. The number of benzene rings is 2. The van der Waals surface area contributed by atoms with E-state index >= 15 is 0 Å². The zero-order valence-corrected chi connectivity index (χ0v) is 13.9. The van der Waals surface area contributed by atoms with Gasteiger partial charge in [0.1, 0.15) is 11.5 Å². The van der Waals surface area contributed by atoms with Gasteiger partial charge in [-0.15, -0.1) is 0 Å². The maximum Gasteiger partial charge on any atom is 0.257 e. The molecule has 2 aliphatic rings. The number of likely N-dealkylation sites (tertiary alicyclic amines) is 1. The van der Waals surface area contributed by atoms with Crippen LogP contribution in [0.5, 0.6) is 11.5 Å². The molecule has 0 spiro atoms. The molecule has 2 saturated heterocycles. The Kier molecular flexibility index (Phi) is 4.14. The van der Waals surface area contributed by atoms with E-state index in [0.29, 0.717) is 30.2 Å². The lowest BCUT2D eigenvalue weighted by Gasteiger charge is -2.36. The van der Waals surface area contributed by atoms with Gasteiger partial charge in [0.25, 0.3) is 5.91 Å². The van der Waals surface area contributed by atoms with Crippen molar-refractivity contribution >= 4 is 11.8 Å². The van der Waals surface area contributed by atoms with Crippen molar-refractivity contribution in [3.63, 3.8) is 0 Å². The number of rotatable bonds is 3. The average Bonchev–Trinajstić information content (AvgIpc) is 3.04. The monoisotopic (exact) mass is 336 g/mol. The van der Waals surface area contributed by atoms with Gasteiger partial charge in [-0.3, -0.25) is 9.59 Å². The molecular formula is C20H20N2O3. The average molecular weight is 336 g/mol. The number of carbonyl (C=O) groups excluding carboxylic acids is 2. The van der Waals surface area contributed by atoms with Crippen molar-refractivity contribution in [1.82, 2.24) is 10.2 Å². The lowest BCUT2D eigenvalue weighted by molar-refractivity contribution is -0.123. The van der Waals surface area contributed by atoms with Gasteiger partial charge in [-0.25, -0.2) is 0 Å². The quantitative estimate of drug-likeness (QED) is 0.938. The van der Waals surface area contributed by atoms with E-state index in [1.165, 1.54) is 0 Å². The van der Waals surface area contributed by atoms with Crippen molar-refractivity contribution in [2.24, 2.45) is 5.92 Å². The van der Waals surface area contributed by atoms with E-state index in [-0.39, 0.29) is 23.8 Å². The number of piperidine rings is 1. The molecule has 2 aromatic carbocycles. The third-order valence-electron chi connectivity index (χ3n) is 4.95. The summed E-state index contributed by atoms with van der Waals surface area (Å²) in [7, 11) is 0. The summed E-state index contributed by atoms with van der Waals surface area (Å²) in [6.07, 6.45) is 1.70. The van der Waals surface area contributed by atoms with E-state index in [9.17, 15) is 9.59 Å². The number of hydrogen-bond donors (Lipinski definition) is 1. The van der Waals surface area contributed by atoms with Gasteiger partial charge in [0, 0.05) is 13.1 Å². The van der Waals surface area contributed by atoms with Gasteiger partial charge in [0.2, 0.25) is 5.91 Å². The SMILES string of the molecule is O=C1NC[C@@H]2[C@H]1CCCN2C(=O)c1ccccc1Oc1ccccc1. The number of hydrogen-bond acceptors (Lipinski definition) is 3. The molecule has 2 heterocycles. The highest BCUT2D eigenvalue weighted by molar-refractivity contribution is 5.98. The maximum absolute atomic E-state index is 13.2. The highest BCUT2D eigenvalue weighted by atomic mass is 16.5. The van der Waals surface area contributed by atoms with Gasteiger partial charge >= 0.3 is 0 Å². The molecule has 128 valence electrons. The summed E-state index contributed by atoms with van der Waals surface area (Å²) in [4.78, 5) is 26.9. The summed E-state index contributed by atoms with van der Waals surface area (Å²) in [6, 6.07) is 16.7. The van der Waals surface area contributed by atoms with Crippen LogP contribution in [0.15, 0.2) is 54.6 Å². The highest BCUT2D eigenvalue weighted by Gasteiger charge is 2.43. The van der Waals surface area contributed by atoms with Crippen LogP contribution in [0, 0.1) is 5.92 Å². The molecule has 2 aliphatic heterocycles. The molecule has 2 fully saturated rings. The largest absolute Gasteiger partial charge is 0.457 e. The van der Waals surface area contributed by atoms with Gasteiger partial charge in [-0.05, 0) is 37.1 Å². The summed E-state index contributed by atoms with van der Waals surface area (Å²) in [5.41, 5.74) is 0.534. The first-order chi connectivity index (χ1) is 12.2. The van der Waals surface area contributed by atoms with Crippen LogP contribution in [0.4, 0.5) is 0 Å². The van der Waals surface area contributed by atoms with Crippen LogP contribution in [0.25, 0.3) is 0 Å². The fourth-order valence-corrected chi connectivity index (χ4v) is 3.71. The molecule has 0 aliphatic carbocycles. The third kappa shape index (κ3) is 2.97. The molecule has 2 atom stereocenters. The first kappa shape index (κ1) is 15.7. The summed E-state index contributed by atoms with van der Waals surface area (Å²) in [5, 5.41) is 2.89. The van der Waals surface area contributed by atoms with Crippen LogP contribution < -0.4 is 10.1 Å². The number of fused-ring (bicyclic) bond motifs is 1. The van der Waals surface area contributed by atoms with Crippen LogP contribution in [0.3, 0.4) is 0 Å². The Morgan fingerprint density at radius 2 is 1.84 bits per heavy atom. The van der Waals surface area contributed by atoms with Gasteiger partial charge in [-0.1, -0.05) is 30.3 Å². The highest BCUT2D eigenvalue weighted by Crippen LogP contribution is 2.31. The second-order valence-electron chi connectivity index (χ2n) is 6.47. The predicted molar refractivity (Wildman–Crippen MR) is 93.5 cm³/mol. The summed E-state index contributed by atoms with van der Waals surface area (Å²) < 4.78 is 5.92. The van der Waals surface area contributed by atoms with Crippen LogP contribution in [-0.2, 0) is 4.79 Å². The molecule has 5 nitrogen and oxygen atoms in total. The second kappa shape index (κ2) is 6.59.